The Morgan fingerprint density at radius 3 is 2.89 bits per heavy atom. The van der Waals surface area contributed by atoms with E-state index in [0.29, 0.717) is 19.1 Å². The van der Waals surface area contributed by atoms with Crippen LogP contribution in [0.1, 0.15) is 24.8 Å². The van der Waals surface area contributed by atoms with Crippen molar-refractivity contribution in [2.45, 2.75) is 37.8 Å². The molecule has 1 aliphatic carbocycles. The Morgan fingerprint density at radius 2 is 2.11 bits per heavy atom. The van der Waals surface area contributed by atoms with Crippen LogP contribution in [0.5, 0.6) is 0 Å². The maximum Gasteiger partial charge on any atom is 0.227 e. The zero-order valence-electron chi connectivity index (χ0n) is 10.8. The molecular formula is C15H18BrNO2. The van der Waals surface area contributed by atoms with Gasteiger partial charge in [0.15, 0.2) is 0 Å². The van der Waals surface area contributed by atoms with Crippen molar-refractivity contribution >= 4 is 21.8 Å². The molecule has 1 aromatic rings. The number of rotatable bonds is 2. The van der Waals surface area contributed by atoms with E-state index < -0.39 is 0 Å². The van der Waals surface area contributed by atoms with Crippen molar-refractivity contribution in [3.63, 3.8) is 0 Å². The van der Waals surface area contributed by atoms with Crippen LogP contribution >= 0.6 is 15.9 Å². The number of benzene rings is 1. The lowest BCUT2D eigenvalue weighted by molar-refractivity contribution is -0.143. The first kappa shape index (κ1) is 13.1. The van der Waals surface area contributed by atoms with E-state index in [1.54, 1.807) is 0 Å². The van der Waals surface area contributed by atoms with Gasteiger partial charge in [-0.3, -0.25) is 4.79 Å². The number of amides is 1. The van der Waals surface area contributed by atoms with Crippen molar-refractivity contribution in [2.24, 2.45) is 0 Å². The molecule has 1 aromatic carbocycles. The molecule has 0 radical (unpaired) electrons. The standard InChI is InChI=1S/C15H18BrNO2/c16-12-6-4-11(5-7-12)10-15(18)17-8-9-19-14-3-1-2-13(14)17/h4-7,13-14H,1-3,8-10H2/t13-,14+/m1/s1. The predicted molar refractivity (Wildman–Crippen MR) is 76.9 cm³/mol. The van der Waals surface area contributed by atoms with E-state index in [1.165, 1.54) is 6.42 Å². The fraction of sp³-hybridized carbons (Fsp3) is 0.533. The molecule has 19 heavy (non-hydrogen) atoms. The highest BCUT2D eigenvalue weighted by Crippen LogP contribution is 2.30. The normalized spacial score (nSPS) is 26.3. The van der Waals surface area contributed by atoms with Gasteiger partial charge in [0.2, 0.25) is 5.91 Å². The molecule has 1 saturated carbocycles. The molecule has 0 unspecified atom stereocenters. The van der Waals surface area contributed by atoms with E-state index >= 15 is 0 Å². The summed E-state index contributed by atoms with van der Waals surface area (Å²) in [6, 6.07) is 8.31. The number of hydrogen-bond donors (Lipinski definition) is 0. The number of ether oxygens (including phenoxy) is 1. The van der Waals surface area contributed by atoms with Crippen molar-refractivity contribution in [2.75, 3.05) is 13.2 Å². The largest absolute Gasteiger partial charge is 0.374 e. The van der Waals surface area contributed by atoms with Crippen LogP contribution in [0.4, 0.5) is 0 Å². The van der Waals surface area contributed by atoms with Gasteiger partial charge in [-0.2, -0.15) is 0 Å². The van der Waals surface area contributed by atoms with Crippen molar-refractivity contribution in [1.82, 2.24) is 4.90 Å². The molecular weight excluding hydrogens is 306 g/mol. The smallest absolute Gasteiger partial charge is 0.227 e. The van der Waals surface area contributed by atoms with Gasteiger partial charge in [-0.1, -0.05) is 28.1 Å². The second-order valence-corrected chi connectivity index (χ2v) is 6.21. The van der Waals surface area contributed by atoms with Gasteiger partial charge in [0, 0.05) is 11.0 Å². The van der Waals surface area contributed by atoms with Crippen LogP contribution in [0.15, 0.2) is 28.7 Å². The molecule has 0 spiro atoms. The van der Waals surface area contributed by atoms with E-state index in [-0.39, 0.29) is 12.0 Å². The average Bonchev–Trinajstić information content (AvgIpc) is 2.89. The minimum absolute atomic E-state index is 0.238. The van der Waals surface area contributed by atoms with E-state index in [2.05, 4.69) is 15.9 Å². The van der Waals surface area contributed by atoms with Gasteiger partial charge in [-0.25, -0.2) is 0 Å². The Balaban J connectivity index is 1.67. The van der Waals surface area contributed by atoms with Gasteiger partial charge < -0.3 is 9.64 Å². The van der Waals surface area contributed by atoms with Crippen LogP contribution in [-0.4, -0.2) is 36.1 Å². The Labute approximate surface area is 122 Å². The number of carbonyl (C=O) groups excluding carboxylic acids is 1. The third-order valence-corrected chi connectivity index (χ3v) is 4.60. The van der Waals surface area contributed by atoms with Crippen LogP contribution in [0.3, 0.4) is 0 Å². The van der Waals surface area contributed by atoms with Crippen molar-refractivity contribution in [1.29, 1.82) is 0 Å². The van der Waals surface area contributed by atoms with Gasteiger partial charge in [0.05, 0.1) is 25.2 Å². The number of carbonyl (C=O) groups is 1. The molecule has 0 bridgehead atoms. The second kappa shape index (κ2) is 5.63. The minimum atomic E-state index is 0.238. The Bertz CT molecular complexity index is 460. The Morgan fingerprint density at radius 1 is 1.32 bits per heavy atom. The van der Waals surface area contributed by atoms with Crippen molar-refractivity contribution < 1.29 is 9.53 Å². The zero-order chi connectivity index (χ0) is 13.2. The van der Waals surface area contributed by atoms with Gasteiger partial charge in [-0.15, -0.1) is 0 Å². The first-order valence-electron chi connectivity index (χ1n) is 6.89. The maximum atomic E-state index is 12.5. The Kier molecular flexibility index (Phi) is 3.89. The molecule has 2 atom stereocenters. The second-order valence-electron chi connectivity index (χ2n) is 5.30. The van der Waals surface area contributed by atoms with Crippen LogP contribution in [0.2, 0.25) is 0 Å². The summed E-state index contributed by atoms with van der Waals surface area (Å²) in [6.07, 6.45) is 4.15. The van der Waals surface area contributed by atoms with Crippen molar-refractivity contribution in [3.05, 3.63) is 34.3 Å². The number of hydrogen-bond acceptors (Lipinski definition) is 2. The molecule has 2 aliphatic rings. The summed E-state index contributed by atoms with van der Waals surface area (Å²) in [4.78, 5) is 14.5. The molecule has 2 fully saturated rings. The third kappa shape index (κ3) is 2.84. The summed E-state index contributed by atoms with van der Waals surface area (Å²) in [5.74, 6) is 0.238. The lowest BCUT2D eigenvalue weighted by Crippen LogP contribution is -2.51. The highest BCUT2D eigenvalue weighted by atomic mass is 79.9. The van der Waals surface area contributed by atoms with E-state index in [1.807, 2.05) is 29.2 Å². The average molecular weight is 324 g/mol. The molecule has 0 N–H and O–H groups in total. The Hall–Kier alpha value is -0.870. The molecule has 1 aliphatic heterocycles. The molecule has 1 saturated heterocycles. The molecule has 1 heterocycles. The summed E-state index contributed by atoms with van der Waals surface area (Å²) in [5.41, 5.74) is 1.08. The molecule has 4 heteroatoms. The quantitative estimate of drug-likeness (QED) is 0.837. The summed E-state index contributed by atoms with van der Waals surface area (Å²) in [6.45, 7) is 1.43. The molecule has 1 amide bonds. The summed E-state index contributed by atoms with van der Waals surface area (Å²) in [7, 11) is 0. The van der Waals surface area contributed by atoms with E-state index in [4.69, 9.17) is 4.74 Å². The third-order valence-electron chi connectivity index (χ3n) is 4.07. The van der Waals surface area contributed by atoms with Crippen LogP contribution in [-0.2, 0) is 16.0 Å². The molecule has 0 aromatic heterocycles. The summed E-state index contributed by atoms with van der Waals surface area (Å²) < 4.78 is 6.80. The molecule has 3 nitrogen and oxygen atoms in total. The fourth-order valence-corrected chi connectivity index (χ4v) is 3.38. The van der Waals surface area contributed by atoms with Crippen LogP contribution < -0.4 is 0 Å². The molecule has 102 valence electrons. The molecule has 3 rings (SSSR count). The first-order chi connectivity index (χ1) is 9.24. The topological polar surface area (TPSA) is 29.5 Å². The summed E-state index contributed by atoms with van der Waals surface area (Å²) >= 11 is 3.41. The van der Waals surface area contributed by atoms with Gasteiger partial charge >= 0.3 is 0 Å². The maximum absolute atomic E-state index is 12.5. The van der Waals surface area contributed by atoms with E-state index in [0.717, 1.165) is 29.4 Å². The highest BCUT2D eigenvalue weighted by molar-refractivity contribution is 9.10. The van der Waals surface area contributed by atoms with E-state index in [9.17, 15) is 4.79 Å². The lowest BCUT2D eigenvalue weighted by Gasteiger charge is -2.37. The number of fused-ring (bicyclic) bond motifs is 1. The predicted octanol–water partition coefficient (Wildman–Crippen LogP) is 2.77. The number of morpholine rings is 1. The highest BCUT2D eigenvalue weighted by Gasteiger charge is 2.38. The first-order valence-corrected chi connectivity index (χ1v) is 7.69. The summed E-state index contributed by atoms with van der Waals surface area (Å²) in [5, 5.41) is 0. The van der Waals surface area contributed by atoms with Crippen LogP contribution in [0, 0.1) is 0 Å². The van der Waals surface area contributed by atoms with Gasteiger partial charge in [0.1, 0.15) is 0 Å². The minimum Gasteiger partial charge on any atom is -0.374 e. The van der Waals surface area contributed by atoms with Gasteiger partial charge in [0.25, 0.3) is 0 Å². The van der Waals surface area contributed by atoms with Gasteiger partial charge in [-0.05, 0) is 37.0 Å². The zero-order valence-corrected chi connectivity index (χ0v) is 12.4. The fourth-order valence-electron chi connectivity index (χ4n) is 3.11. The number of nitrogens with zero attached hydrogens (tertiary/aromatic N) is 1. The lowest BCUT2D eigenvalue weighted by atomic mass is 10.1. The SMILES string of the molecule is O=C(Cc1ccc(Br)cc1)N1CCO[C@H]2CCC[C@H]21. The van der Waals surface area contributed by atoms with Crippen LogP contribution in [0.25, 0.3) is 0 Å². The number of halogens is 1. The monoisotopic (exact) mass is 323 g/mol. The van der Waals surface area contributed by atoms with Crippen molar-refractivity contribution in [3.8, 4) is 0 Å².